The van der Waals surface area contributed by atoms with Crippen molar-refractivity contribution in [3.05, 3.63) is 40.4 Å². The van der Waals surface area contributed by atoms with Crippen LogP contribution in [0.25, 0.3) is 0 Å². The van der Waals surface area contributed by atoms with Crippen molar-refractivity contribution in [3.63, 3.8) is 0 Å². The van der Waals surface area contributed by atoms with E-state index in [4.69, 9.17) is 4.74 Å². The Morgan fingerprint density at radius 2 is 1.88 bits per heavy atom. The molecule has 1 saturated carbocycles. The lowest BCUT2D eigenvalue weighted by atomic mass is 9.93. The van der Waals surface area contributed by atoms with Crippen molar-refractivity contribution in [2.24, 2.45) is 17.8 Å². The molecule has 0 aromatic heterocycles. The normalized spacial score (nSPS) is 30.2. The fraction of sp³-hybridized carbons (Fsp3) is 0.600. The van der Waals surface area contributed by atoms with Gasteiger partial charge in [-0.1, -0.05) is 28.1 Å². The summed E-state index contributed by atoms with van der Waals surface area (Å²) in [6.07, 6.45) is 7.78. The van der Waals surface area contributed by atoms with Gasteiger partial charge in [0.15, 0.2) is 0 Å². The summed E-state index contributed by atoms with van der Waals surface area (Å²) >= 11 is 3.58. The smallest absolute Gasteiger partial charge is 0.123 e. The highest BCUT2D eigenvalue weighted by Crippen LogP contribution is 2.43. The number of rotatable bonds is 5. The predicted octanol–water partition coefficient (Wildman–Crippen LogP) is 3.79. The van der Waals surface area contributed by atoms with E-state index in [1.54, 1.807) is 7.11 Å². The Bertz CT molecular complexity index is 610. The first-order valence-electron chi connectivity index (χ1n) is 9.16. The van der Waals surface area contributed by atoms with Crippen LogP contribution >= 0.6 is 15.9 Å². The van der Waals surface area contributed by atoms with Crippen molar-refractivity contribution < 1.29 is 4.74 Å². The molecule has 0 unspecified atom stereocenters. The van der Waals surface area contributed by atoms with Gasteiger partial charge in [-0.3, -0.25) is 4.90 Å². The molecule has 3 atom stereocenters. The summed E-state index contributed by atoms with van der Waals surface area (Å²) < 4.78 is 6.64. The lowest BCUT2D eigenvalue weighted by molar-refractivity contribution is 0.108. The molecule has 0 N–H and O–H groups in total. The second kappa shape index (κ2) is 7.19. The Kier molecular flexibility index (Phi) is 4.98. The summed E-state index contributed by atoms with van der Waals surface area (Å²) in [7, 11) is 1.76. The Morgan fingerprint density at radius 3 is 2.54 bits per heavy atom. The van der Waals surface area contributed by atoms with Gasteiger partial charge in [-0.25, -0.2) is 0 Å². The van der Waals surface area contributed by atoms with Gasteiger partial charge in [0, 0.05) is 49.3 Å². The van der Waals surface area contributed by atoms with Crippen LogP contribution in [0.1, 0.15) is 18.4 Å². The lowest BCUT2D eigenvalue weighted by Gasteiger charge is -2.37. The molecule has 2 aliphatic carbocycles. The first-order valence-corrected chi connectivity index (χ1v) is 9.96. The maximum absolute atomic E-state index is 5.52. The maximum Gasteiger partial charge on any atom is 0.123 e. The van der Waals surface area contributed by atoms with Crippen LogP contribution in [0.3, 0.4) is 0 Å². The van der Waals surface area contributed by atoms with E-state index in [1.807, 2.05) is 6.07 Å². The molecule has 130 valence electrons. The monoisotopic (exact) mass is 390 g/mol. The van der Waals surface area contributed by atoms with Crippen molar-refractivity contribution in [3.8, 4) is 5.75 Å². The molecule has 4 rings (SSSR count). The molecule has 2 fully saturated rings. The van der Waals surface area contributed by atoms with Gasteiger partial charge in [0.05, 0.1) is 7.11 Å². The number of benzene rings is 1. The third kappa shape index (κ3) is 3.56. The standard InChI is InChI=1S/C20H27BrN2O/c1-24-20-5-4-19(21)12-18(20)14-23-8-6-22(7-9-23)13-17-11-15-2-3-16(17)10-15/h2-5,12,15-17H,6-11,13-14H2,1H3/t15-,16-,17+/m1/s1. The maximum atomic E-state index is 5.52. The Morgan fingerprint density at radius 1 is 1.08 bits per heavy atom. The van der Waals surface area contributed by atoms with Gasteiger partial charge in [-0.05, 0) is 48.8 Å². The molecule has 2 bridgehead atoms. The number of piperazine rings is 1. The topological polar surface area (TPSA) is 15.7 Å². The fourth-order valence-corrected chi connectivity index (χ4v) is 5.09. The van der Waals surface area contributed by atoms with Crippen LogP contribution in [0.15, 0.2) is 34.8 Å². The molecule has 0 amide bonds. The van der Waals surface area contributed by atoms with E-state index in [0.29, 0.717) is 0 Å². The summed E-state index contributed by atoms with van der Waals surface area (Å²) in [6.45, 7) is 7.01. The number of halogens is 1. The van der Waals surface area contributed by atoms with Gasteiger partial charge in [-0.2, -0.15) is 0 Å². The number of ether oxygens (including phenoxy) is 1. The van der Waals surface area contributed by atoms with Gasteiger partial charge in [0.1, 0.15) is 5.75 Å². The van der Waals surface area contributed by atoms with E-state index in [-0.39, 0.29) is 0 Å². The van der Waals surface area contributed by atoms with E-state index < -0.39 is 0 Å². The molecule has 1 heterocycles. The number of hydrogen-bond acceptors (Lipinski definition) is 3. The molecule has 1 saturated heterocycles. The SMILES string of the molecule is COc1ccc(Br)cc1CN1CCN(C[C@@H]2C[C@@H]3C=C[C@@H]2C3)CC1. The van der Waals surface area contributed by atoms with E-state index in [9.17, 15) is 0 Å². The van der Waals surface area contributed by atoms with Gasteiger partial charge in [0.25, 0.3) is 0 Å². The first-order chi connectivity index (χ1) is 11.7. The van der Waals surface area contributed by atoms with E-state index in [2.05, 4.69) is 50.0 Å². The third-order valence-corrected chi connectivity index (χ3v) is 6.50. The van der Waals surface area contributed by atoms with Gasteiger partial charge in [-0.15, -0.1) is 0 Å². The van der Waals surface area contributed by atoms with Gasteiger partial charge < -0.3 is 9.64 Å². The molecule has 24 heavy (non-hydrogen) atoms. The van der Waals surface area contributed by atoms with Crippen molar-refractivity contribution in [2.75, 3.05) is 39.8 Å². The van der Waals surface area contributed by atoms with Crippen molar-refractivity contribution in [1.82, 2.24) is 9.80 Å². The van der Waals surface area contributed by atoms with Crippen molar-refractivity contribution >= 4 is 15.9 Å². The minimum absolute atomic E-state index is 0.874. The number of fused-ring (bicyclic) bond motifs is 2. The Balaban J connectivity index is 1.29. The van der Waals surface area contributed by atoms with Crippen LogP contribution in [0, 0.1) is 17.8 Å². The predicted molar refractivity (Wildman–Crippen MR) is 101 cm³/mol. The average Bonchev–Trinajstić information content (AvgIpc) is 3.20. The molecule has 3 aliphatic rings. The zero-order valence-electron chi connectivity index (χ0n) is 14.5. The largest absolute Gasteiger partial charge is 0.496 e. The minimum atomic E-state index is 0.874. The number of allylic oxidation sites excluding steroid dienone is 2. The van der Waals surface area contributed by atoms with Crippen LogP contribution in [0.5, 0.6) is 5.75 Å². The molecular formula is C20H27BrN2O. The molecule has 1 aliphatic heterocycles. The van der Waals surface area contributed by atoms with Gasteiger partial charge in [0.2, 0.25) is 0 Å². The van der Waals surface area contributed by atoms with Crippen molar-refractivity contribution in [1.29, 1.82) is 0 Å². The summed E-state index contributed by atoms with van der Waals surface area (Å²) in [5.41, 5.74) is 1.28. The lowest BCUT2D eigenvalue weighted by Crippen LogP contribution is -2.47. The quantitative estimate of drug-likeness (QED) is 0.711. The van der Waals surface area contributed by atoms with Crippen LogP contribution in [0.4, 0.5) is 0 Å². The van der Waals surface area contributed by atoms with E-state index >= 15 is 0 Å². The summed E-state index contributed by atoms with van der Waals surface area (Å²) in [5, 5.41) is 0. The highest BCUT2D eigenvalue weighted by atomic mass is 79.9. The zero-order chi connectivity index (χ0) is 16.5. The minimum Gasteiger partial charge on any atom is -0.496 e. The second-order valence-corrected chi connectivity index (χ2v) is 8.49. The summed E-state index contributed by atoms with van der Waals surface area (Å²) in [6, 6.07) is 6.29. The summed E-state index contributed by atoms with van der Waals surface area (Å²) in [4.78, 5) is 5.25. The third-order valence-electron chi connectivity index (χ3n) is 6.01. The molecular weight excluding hydrogens is 364 g/mol. The van der Waals surface area contributed by atoms with Crippen LogP contribution in [-0.4, -0.2) is 49.6 Å². The van der Waals surface area contributed by atoms with Gasteiger partial charge >= 0.3 is 0 Å². The second-order valence-electron chi connectivity index (χ2n) is 7.57. The molecule has 0 radical (unpaired) electrons. The molecule has 4 heteroatoms. The molecule has 0 spiro atoms. The molecule has 3 nitrogen and oxygen atoms in total. The first kappa shape index (κ1) is 16.6. The fourth-order valence-electron chi connectivity index (χ4n) is 4.68. The van der Waals surface area contributed by atoms with Crippen LogP contribution in [0.2, 0.25) is 0 Å². The highest BCUT2D eigenvalue weighted by molar-refractivity contribution is 9.10. The average molecular weight is 391 g/mol. The van der Waals surface area contributed by atoms with Crippen LogP contribution in [-0.2, 0) is 6.54 Å². The van der Waals surface area contributed by atoms with E-state index in [0.717, 1.165) is 47.6 Å². The Hall–Kier alpha value is -0.840. The highest BCUT2D eigenvalue weighted by Gasteiger charge is 2.36. The number of methoxy groups -OCH3 is 1. The number of nitrogens with zero attached hydrogens (tertiary/aromatic N) is 2. The molecule has 1 aromatic carbocycles. The van der Waals surface area contributed by atoms with Crippen molar-refractivity contribution in [2.45, 2.75) is 19.4 Å². The Labute approximate surface area is 153 Å². The number of hydrogen-bond donors (Lipinski definition) is 0. The molecule has 1 aromatic rings. The van der Waals surface area contributed by atoms with E-state index in [1.165, 1.54) is 38.0 Å². The van der Waals surface area contributed by atoms with Crippen LogP contribution < -0.4 is 4.74 Å². The summed E-state index contributed by atoms with van der Waals surface area (Å²) in [5.74, 6) is 3.68. The zero-order valence-corrected chi connectivity index (χ0v) is 16.0.